The monoisotopic (exact) mass is 311 g/mol. The normalized spacial score (nSPS) is 13.3. The van der Waals surface area contributed by atoms with Crippen molar-refractivity contribution in [2.75, 3.05) is 5.32 Å². The summed E-state index contributed by atoms with van der Waals surface area (Å²) in [4.78, 5) is 11.7. The molecular weight excluding hydrogens is 295 g/mol. The van der Waals surface area contributed by atoms with Gasteiger partial charge in [0.05, 0.1) is 11.9 Å². The van der Waals surface area contributed by atoms with Crippen LogP contribution in [0.25, 0.3) is 0 Å². The Kier molecular flexibility index (Phi) is 5.86. The summed E-state index contributed by atoms with van der Waals surface area (Å²) in [6, 6.07) is 0.0621. The first-order chi connectivity index (χ1) is 9.24. The molecule has 0 saturated heterocycles. The minimum atomic E-state index is -4.51. The first-order valence-electron chi connectivity index (χ1n) is 6.33. The van der Waals surface area contributed by atoms with E-state index in [1.54, 1.807) is 0 Å². The Morgan fingerprint density at radius 1 is 1.50 bits per heavy atom. The average Bonchev–Trinajstić information content (AvgIpc) is 2.34. The van der Waals surface area contributed by atoms with E-state index in [1.165, 1.54) is 0 Å². The zero-order valence-corrected chi connectivity index (χ0v) is 12.1. The van der Waals surface area contributed by atoms with Crippen LogP contribution >= 0.6 is 11.6 Å². The van der Waals surface area contributed by atoms with Gasteiger partial charge < -0.3 is 5.32 Å². The second kappa shape index (κ2) is 6.97. The number of halogens is 4. The second-order valence-corrected chi connectivity index (χ2v) is 5.02. The van der Waals surface area contributed by atoms with E-state index in [2.05, 4.69) is 17.3 Å². The molecule has 0 saturated carbocycles. The van der Waals surface area contributed by atoms with Crippen LogP contribution in [-0.2, 0) is 6.54 Å². The van der Waals surface area contributed by atoms with Crippen molar-refractivity contribution in [3.05, 3.63) is 21.6 Å². The summed E-state index contributed by atoms with van der Waals surface area (Å²) in [6.07, 6.45) is -0.449. The number of nitrogens with zero attached hydrogens (tertiary/aromatic N) is 2. The highest BCUT2D eigenvalue weighted by Crippen LogP contribution is 2.20. The fourth-order valence-corrected chi connectivity index (χ4v) is 1.90. The summed E-state index contributed by atoms with van der Waals surface area (Å²) < 4.78 is 37.0. The molecular formula is C12H17ClF3N3O. The summed E-state index contributed by atoms with van der Waals surface area (Å²) >= 11 is 5.80. The van der Waals surface area contributed by atoms with E-state index in [1.807, 2.05) is 6.92 Å². The molecule has 1 heterocycles. The Morgan fingerprint density at radius 3 is 2.70 bits per heavy atom. The predicted molar refractivity (Wildman–Crippen MR) is 72.2 cm³/mol. The molecule has 0 aliphatic heterocycles. The van der Waals surface area contributed by atoms with Crippen LogP contribution in [-0.4, -0.2) is 22.0 Å². The lowest BCUT2D eigenvalue weighted by molar-refractivity contribution is -0.143. The maximum absolute atomic E-state index is 12.2. The Labute approximate surface area is 119 Å². The molecule has 1 N–H and O–H groups in total. The van der Waals surface area contributed by atoms with Crippen molar-refractivity contribution in [1.29, 1.82) is 0 Å². The molecule has 0 radical (unpaired) electrons. The van der Waals surface area contributed by atoms with Gasteiger partial charge in [-0.2, -0.15) is 18.3 Å². The Hall–Kier alpha value is -1.24. The van der Waals surface area contributed by atoms with Crippen molar-refractivity contribution < 1.29 is 13.2 Å². The quantitative estimate of drug-likeness (QED) is 0.875. The molecule has 1 aromatic rings. The number of anilines is 1. The molecule has 20 heavy (non-hydrogen) atoms. The van der Waals surface area contributed by atoms with Crippen LogP contribution in [0.3, 0.4) is 0 Å². The van der Waals surface area contributed by atoms with Crippen LogP contribution in [0.15, 0.2) is 11.0 Å². The molecule has 1 atom stereocenters. The van der Waals surface area contributed by atoms with Gasteiger partial charge in [0.25, 0.3) is 5.56 Å². The van der Waals surface area contributed by atoms with Crippen molar-refractivity contribution in [1.82, 2.24) is 9.78 Å². The lowest BCUT2D eigenvalue weighted by Crippen LogP contribution is -2.31. The highest BCUT2D eigenvalue weighted by molar-refractivity contribution is 6.32. The fraction of sp³-hybridized carbons (Fsp3) is 0.667. The van der Waals surface area contributed by atoms with Gasteiger partial charge in [-0.3, -0.25) is 4.79 Å². The topological polar surface area (TPSA) is 46.9 Å². The molecule has 1 unspecified atom stereocenters. The van der Waals surface area contributed by atoms with Crippen LogP contribution in [0.5, 0.6) is 0 Å². The molecule has 0 fully saturated rings. The largest absolute Gasteiger partial charge is 0.408 e. The third-order valence-electron chi connectivity index (χ3n) is 2.71. The third-order valence-corrected chi connectivity index (χ3v) is 3.07. The molecule has 1 rings (SSSR count). The molecule has 4 nitrogen and oxygen atoms in total. The first-order valence-corrected chi connectivity index (χ1v) is 6.71. The number of hydrogen-bond donors (Lipinski definition) is 1. The van der Waals surface area contributed by atoms with Crippen LogP contribution in [0, 0.1) is 0 Å². The van der Waals surface area contributed by atoms with Crippen molar-refractivity contribution in [3.8, 4) is 0 Å². The number of rotatable bonds is 6. The molecule has 0 amide bonds. The van der Waals surface area contributed by atoms with Gasteiger partial charge in [0.15, 0.2) is 0 Å². The van der Waals surface area contributed by atoms with Gasteiger partial charge in [-0.05, 0) is 13.3 Å². The van der Waals surface area contributed by atoms with Gasteiger partial charge >= 0.3 is 6.18 Å². The summed E-state index contributed by atoms with van der Waals surface area (Å²) in [6.45, 7) is 2.52. The molecule has 1 aromatic heterocycles. The molecule has 0 bridgehead atoms. The van der Waals surface area contributed by atoms with Crippen molar-refractivity contribution in [2.45, 2.75) is 51.9 Å². The van der Waals surface area contributed by atoms with Crippen molar-refractivity contribution in [3.63, 3.8) is 0 Å². The Balaban J connectivity index is 2.86. The second-order valence-electron chi connectivity index (χ2n) is 4.64. The lowest BCUT2D eigenvalue weighted by atomic mass is 10.1. The van der Waals surface area contributed by atoms with E-state index in [9.17, 15) is 18.0 Å². The molecule has 0 aliphatic carbocycles. The van der Waals surface area contributed by atoms with E-state index >= 15 is 0 Å². The number of alkyl halides is 3. The van der Waals surface area contributed by atoms with Crippen LogP contribution in [0.4, 0.5) is 18.9 Å². The molecule has 0 spiro atoms. The number of aromatic nitrogens is 2. The van der Waals surface area contributed by atoms with E-state index in [0.717, 1.165) is 25.5 Å². The number of nitrogens with one attached hydrogen (secondary N) is 1. The Morgan fingerprint density at radius 2 is 2.15 bits per heavy atom. The minimum absolute atomic E-state index is 0.0621. The van der Waals surface area contributed by atoms with Gasteiger partial charge in [0, 0.05) is 6.04 Å². The SMILES string of the molecule is CCCCC(C)Nc1cnn(CC(F)(F)F)c(=O)c1Cl. The molecule has 0 aromatic carbocycles. The minimum Gasteiger partial charge on any atom is -0.380 e. The standard InChI is InChI=1S/C12H17ClF3N3O/c1-3-4-5-8(2)18-9-6-17-19(7-12(14,15)16)11(20)10(9)13/h6,8,18H,3-5,7H2,1-2H3. The van der Waals surface area contributed by atoms with E-state index < -0.39 is 18.3 Å². The maximum atomic E-state index is 12.2. The molecule has 0 aliphatic rings. The smallest absolute Gasteiger partial charge is 0.380 e. The summed E-state index contributed by atoms with van der Waals surface area (Å²) in [5.74, 6) is 0. The third kappa shape index (κ3) is 5.03. The first kappa shape index (κ1) is 16.8. The van der Waals surface area contributed by atoms with Gasteiger partial charge in [-0.25, -0.2) is 4.68 Å². The summed E-state index contributed by atoms with van der Waals surface area (Å²) in [5, 5.41) is 6.21. The van der Waals surface area contributed by atoms with Crippen LogP contribution in [0.2, 0.25) is 5.02 Å². The van der Waals surface area contributed by atoms with Gasteiger partial charge in [0.2, 0.25) is 0 Å². The zero-order chi connectivity index (χ0) is 15.3. The maximum Gasteiger partial charge on any atom is 0.408 e. The molecule has 114 valence electrons. The number of unbranched alkanes of at least 4 members (excludes halogenated alkanes) is 1. The zero-order valence-electron chi connectivity index (χ0n) is 11.3. The van der Waals surface area contributed by atoms with E-state index in [4.69, 9.17) is 11.6 Å². The van der Waals surface area contributed by atoms with Gasteiger partial charge in [0.1, 0.15) is 11.6 Å². The highest BCUT2D eigenvalue weighted by Gasteiger charge is 2.29. The molecule has 8 heteroatoms. The number of hydrogen-bond acceptors (Lipinski definition) is 3. The van der Waals surface area contributed by atoms with E-state index in [0.29, 0.717) is 4.68 Å². The van der Waals surface area contributed by atoms with Gasteiger partial charge in [-0.15, -0.1) is 0 Å². The average molecular weight is 312 g/mol. The van der Waals surface area contributed by atoms with Gasteiger partial charge in [-0.1, -0.05) is 31.4 Å². The van der Waals surface area contributed by atoms with Crippen LogP contribution in [0.1, 0.15) is 33.1 Å². The van der Waals surface area contributed by atoms with Crippen LogP contribution < -0.4 is 10.9 Å². The highest BCUT2D eigenvalue weighted by atomic mass is 35.5. The summed E-state index contributed by atoms with van der Waals surface area (Å²) in [5.41, 5.74) is -0.685. The Bertz CT molecular complexity index is 502. The van der Waals surface area contributed by atoms with Crippen molar-refractivity contribution >= 4 is 17.3 Å². The predicted octanol–water partition coefficient (Wildman–Crippen LogP) is 3.45. The fourth-order valence-electron chi connectivity index (χ4n) is 1.70. The lowest BCUT2D eigenvalue weighted by Gasteiger charge is -2.16. The van der Waals surface area contributed by atoms with Crippen molar-refractivity contribution in [2.24, 2.45) is 0 Å². The van der Waals surface area contributed by atoms with E-state index in [-0.39, 0.29) is 16.8 Å². The summed E-state index contributed by atoms with van der Waals surface area (Å²) in [7, 11) is 0.